The van der Waals surface area contributed by atoms with Crippen LogP contribution in [0.2, 0.25) is 5.02 Å². The molecule has 0 bridgehead atoms. The van der Waals surface area contributed by atoms with Crippen LogP contribution in [0.1, 0.15) is 31.7 Å². The molecule has 19 heavy (non-hydrogen) atoms. The molecule has 0 heterocycles. The van der Waals surface area contributed by atoms with Crippen LogP contribution >= 0.6 is 11.6 Å². The third-order valence-corrected chi connectivity index (χ3v) is 5.01. The normalized spacial score (nSPS) is 30.2. The van der Waals surface area contributed by atoms with Gasteiger partial charge in [-0.1, -0.05) is 24.6 Å². The van der Waals surface area contributed by atoms with Gasteiger partial charge in [-0.05, 0) is 67.7 Å². The Morgan fingerprint density at radius 3 is 2.68 bits per heavy atom. The maximum Gasteiger partial charge on any atom is 0.127 e. The minimum absolute atomic E-state index is 0.168. The highest BCUT2D eigenvalue weighted by atomic mass is 35.5. The van der Waals surface area contributed by atoms with Crippen LogP contribution in [0.25, 0.3) is 0 Å². The SMILES string of the molecule is CCNC(Cc1ccc(Cl)cc1F)C1CC2CC2C1. The van der Waals surface area contributed by atoms with Crippen LogP contribution in [-0.2, 0) is 6.42 Å². The number of fused-ring (bicyclic) bond motifs is 1. The Morgan fingerprint density at radius 2 is 2.05 bits per heavy atom. The van der Waals surface area contributed by atoms with Gasteiger partial charge in [-0.2, -0.15) is 0 Å². The molecular formula is C16H21ClFN. The van der Waals surface area contributed by atoms with Gasteiger partial charge < -0.3 is 5.32 Å². The fraction of sp³-hybridized carbons (Fsp3) is 0.625. The molecule has 3 rings (SSSR count). The molecular weight excluding hydrogens is 261 g/mol. The number of benzene rings is 1. The van der Waals surface area contributed by atoms with Gasteiger partial charge >= 0.3 is 0 Å². The summed E-state index contributed by atoms with van der Waals surface area (Å²) >= 11 is 5.81. The molecule has 2 aliphatic rings. The molecule has 2 fully saturated rings. The molecule has 1 N–H and O–H groups in total. The molecule has 2 saturated carbocycles. The Hall–Kier alpha value is -0.600. The third kappa shape index (κ3) is 2.95. The van der Waals surface area contributed by atoms with Crippen molar-refractivity contribution in [2.75, 3.05) is 6.54 Å². The van der Waals surface area contributed by atoms with E-state index >= 15 is 0 Å². The zero-order chi connectivity index (χ0) is 13.4. The van der Waals surface area contributed by atoms with Crippen LogP contribution in [-0.4, -0.2) is 12.6 Å². The molecule has 1 aromatic rings. The average molecular weight is 282 g/mol. The van der Waals surface area contributed by atoms with E-state index in [1.807, 2.05) is 6.07 Å². The molecule has 0 saturated heterocycles. The monoisotopic (exact) mass is 281 g/mol. The molecule has 2 aliphatic carbocycles. The number of hydrogen-bond donors (Lipinski definition) is 1. The second kappa shape index (κ2) is 5.41. The molecule has 0 radical (unpaired) electrons. The van der Waals surface area contributed by atoms with Crippen LogP contribution in [0.5, 0.6) is 0 Å². The summed E-state index contributed by atoms with van der Waals surface area (Å²) in [5.41, 5.74) is 0.788. The lowest BCUT2D eigenvalue weighted by atomic mass is 9.89. The molecule has 0 amide bonds. The lowest BCUT2D eigenvalue weighted by molar-refractivity contribution is 0.334. The average Bonchev–Trinajstić information content (AvgIpc) is 2.98. The predicted molar refractivity (Wildman–Crippen MR) is 76.9 cm³/mol. The lowest BCUT2D eigenvalue weighted by Gasteiger charge is -2.26. The van der Waals surface area contributed by atoms with Gasteiger partial charge in [0.2, 0.25) is 0 Å². The van der Waals surface area contributed by atoms with Crippen LogP contribution in [0, 0.1) is 23.6 Å². The van der Waals surface area contributed by atoms with Crippen molar-refractivity contribution >= 4 is 11.6 Å². The highest BCUT2D eigenvalue weighted by Crippen LogP contribution is 2.55. The van der Waals surface area contributed by atoms with Gasteiger partial charge in [-0.25, -0.2) is 4.39 Å². The minimum atomic E-state index is -0.168. The first-order valence-corrected chi connectivity index (χ1v) is 7.72. The van der Waals surface area contributed by atoms with E-state index in [9.17, 15) is 4.39 Å². The highest BCUT2D eigenvalue weighted by Gasteiger charge is 2.47. The molecule has 3 heteroatoms. The summed E-state index contributed by atoms with van der Waals surface area (Å²) in [5.74, 6) is 2.50. The second-order valence-corrected chi connectivity index (χ2v) is 6.53. The Labute approximate surface area is 119 Å². The second-order valence-electron chi connectivity index (χ2n) is 6.09. The van der Waals surface area contributed by atoms with E-state index in [1.165, 1.54) is 25.3 Å². The van der Waals surface area contributed by atoms with Gasteiger partial charge in [-0.15, -0.1) is 0 Å². The number of hydrogen-bond acceptors (Lipinski definition) is 1. The van der Waals surface area contributed by atoms with Crippen LogP contribution in [0.3, 0.4) is 0 Å². The molecule has 3 atom stereocenters. The number of nitrogens with one attached hydrogen (secondary N) is 1. The number of likely N-dealkylation sites (N-methyl/N-ethyl adjacent to an activating group) is 1. The van der Waals surface area contributed by atoms with Crippen LogP contribution in [0.15, 0.2) is 18.2 Å². The van der Waals surface area contributed by atoms with Gasteiger partial charge in [0, 0.05) is 11.1 Å². The molecule has 3 unspecified atom stereocenters. The van der Waals surface area contributed by atoms with E-state index in [-0.39, 0.29) is 5.82 Å². The molecule has 0 aromatic heterocycles. The van der Waals surface area contributed by atoms with E-state index in [0.29, 0.717) is 11.1 Å². The van der Waals surface area contributed by atoms with Crippen molar-refractivity contribution < 1.29 is 4.39 Å². The fourth-order valence-electron chi connectivity index (χ4n) is 3.68. The summed E-state index contributed by atoms with van der Waals surface area (Å²) in [4.78, 5) is 0. The number of rotatable bonds is 5. The molecule has 0 aliphatic heterocycles. The van der Waals surface area contributed by atoms with Gasteiger partial charge in [-0.3, -0.25) is 0 Å². The Bertz CT molecular complexity index is 452. The first-order chi connectivity index (χ1) is 9.17. The smallest absolute Gasteiger partial charge is 0.127 e. The van der Waals surface area contributed by atoms with Crippen LogP contribution in [0.4, 0.5) is 4.39 Å². The van der Waals surface area contributed by atoms with E-state index < -0.39 is 0 Å². The van der Waals surface area contributed by atoms with Crippen molar-refractivity contribution in [3.05, 3.63) is 34.6 Å². The van der Waals surface area contributed by atoms with Gasteiger partial charge in [0.15, 0.2) is 0 Å². The Balaban J connectivity index is 1.69. The standard InChI is InChI=1S/C16H21ClFN/c1-2-19-16(13-6-11-5-12(11)7-13)8-10-3-4-14(17)9-15(10)18/h3-4,9,11-13,16,19H,2,5-8H2,1H3. The zero-order valence-electron chi connectivity index (χ0n) is 11.3. The first-order valence-electron chi connectivity index (χ1n) is 7.34. The topological polar surface area (TPSA) is 12.0 Å². The van der Waals surface area contributed by atoms with Crippen molar-refractivity contribution in [3.63, 3.8) is 0 Å². The number of halogens is 2. The zero-order valence-corrected chi connectivity index (χ0v) is 12.1. The molecule has 1 nitrogen and oxygen atoms in total. The molecule has 1 aromatic carbocycles. The summed E-state index contributed by atoms with van der Waals surface area (Å²) in [6.07, 6.45) is 4.88. The Kier molecular flexibility index (Phi) is 3.81. The molecule has 0 spiro atoms. The maximum atomic E-state index is 13.9. The minimum Gasteiger partial charge on any atom is -0.314 e. The van der Waals surface area contributed by atoms with Gasteiger partial charge in [0.1, 0.15) is 5.82 Å². The molecule has 104 valence electrons. The van der Waals surface area contributed by atoms with E-state index in [0.717, 1.165) is 36.3 Å². The van der Waals surface area contributed by atoms with Crippen molar-refractivity contribution in [2.45, 2.75) is 38.6 Å². The first kappa shape index (κ1) is 13.4. The largest absolute Gasteiger partial charge is 0.314 e. The summed E-state index contributed by atoms with van der Waals surface area (Å²) in [6, 6.07) is 5.45. The van der Waals surface area contributed by atoms with E-state index in [2.05, 4.69) is 12.2 Å². The predicted octanol–water partition coefficient (Wildman–Crippen LogP) is 4.05. The Morgan fingerprint density at radius 1 is 1.32 bits per heavy atom. The summed E-state index contributed by atoms with van der Waals surface area (Å²) < 4.78 is 13.9. The summed E-state index contributed by atoms with van der Waals surface area (Å²) in [6.45, 7) is 3.08. The highest BCUT2D eigenvalue weighted by molar-refractivity contribution is 6.30. The van der Waals surface area contributed by atoms with Crippen molar-refractivity contribution in [2.24, 2.45) is 17.8 Å². The van der Waals surface area contributed by atoms with Crippen molar-refractivity contribution in [1.82, 2.24) is 5.32 Å². The maximum absolute atomic E-state index is 13.9. The van der Waals surface area contributed by atoms with E-state index in [1.54, 1.807) is 6.07 Å². The van der Waals surface area contributed by atoms with Crippen LogP contribution < -0.4 is 5.32 Å². The summed E-state index contributed by atoms with van der Waals surface area (Å²) in [5, 5.41) is 4.03. The van der Waals surface area contributed by atoms with E-state index in [4.69, 9.17) is 11.6 Å². The van der Waals surface area contributed by atoms with Gasteiger partial charge in [0.05, 0.1) is 0 Å². The lowest BCUT2D eigenvalue weighted by Crippen LogP contribution is -2.37. The summed E-state index contributed by atoms with van der Waals surface area (Å²) in [7, 11) is 0. The third-order valence-electron chi connectivity index (χ3n) is 4.77. The van der Waals surface area contributed by atoms with Gasteiger partial charge in [0.25, 0.3) is 0 Å². The quantitative estimate of drug-likeness (QED) is 0.859. The van der Waals surface area contributed by atoms with Crippen molar-refractivity contribution in [1.29, 1.82) is 0 Å². The van der Waals surface area contributed by atoms with Crippen molar-refractivity contribution in [3.8, 4) is 0 Å². The fourth-order valence-corrected chi connectivity index (χ4v) is 3.84.